The monoisotopic (exact) mass is 364 g/mol. The highest BCUT2D eigenvalue weighted by atomic mass is 79.9. The quantitative estimate of drug-likeness (QED) is 0.749. The van der Waals surface area contributed by atoms with E-state index in [4.69, 9.17) is 16.3 Å². The second kappa shape index (κ2) is 6.81. The smallest absolute Gasteiger partial charge is 0.388 e. The number of pyridine rings is 2. The molecule has 106 valence electrons. The summed E-state index contributed by atoms with van der Waals surface area (Å²) in [5.41, 5.74) is 0.344. The van der Waals surface area contributed by atoms with Crippen molar-refractivity contribution in [2.45, 2.75) is 13.2 Å². The predicted molar refractivity (Wildman–Crippen MR) is 72.1 cm³/mol. The minimum atomic E-state index is -2.98. The van der Waals surface area contributed by atoms with Gasteiger partial charge in [0.25, 0.3) is 0 Å². The summed E-state index contributed by atoms with van der Waals surface area (Å²) >= 11 is 8.84. The molecule has 0 aromatic carbocycles. The predicted octanol–water partition coefficient (Wildman–Crippen LogP) is 4.07. The van der Waals surface area contributed by atoms with Crippen LogP contribution in [0.15, 0.2) is 34.9 Å². The van der Waals surface area contributed by atoms with Crippen molar-refractivity contribution in [2.75, 3.05) is 0 Å². The number of nitrogens with zero attached hydrogens (tertiary/aromatic N) is 2. The highest BCUT2D eigenvalue weighted by Crippen LogP contribution is 2.22. The van der Waals surface area contributed by atoms with Gasteiger partial charge in [-0.3, -0.25) is 0 Å². The topological polar surface area (TPSA) is 44.2 Å². The lowest BCUT2D eigenvalue weighted by Gasteiger charge is -2.10. The number of hydrogen-bond donors (Lipinski definition) is 0. The van der Waals surface area contributed by atoms with Gasteiger partial charge in [-0.1, -0.05) is 17.7 Å². The number of alkyl halides is 2. The molecule has 2 aromatic heterocycles. The number of rotatable bonds is 5. The summed E-state index contributed by atoms with van der Waals surface area (Å²) in [7, 11) is 0. The number of hydrogen-bond acceptors (Lipinski definition) is 4. The van der Waals surface area contributed by atoms with Crippen molar-refractivity contribution in [3.63, 3.8) is 0 Å². The molecule has 0 aliphatic heterocycles. The fourth-order valence-corrected chi connectivity index (χ4v) is 1.83. The molecule has 0 spiro atoms. The minimum Gasteiger partial charge on any atom is -0.473 e. The third-order valence-corrected chi connectivity index (χ3v) is 2.82. The summed E-state index contributed by atoms with van der Waals surface area (Å²) in [4.78, 5) is 7.75. The minimum absolute atomic E-state index is 0.0182. The Bertz CT molecular complexity index is 601. The molecule has 4 nitrogen and oxygen atoms in total. The second-order valence-electron chi connectivity index (χ2n) is 3.56. The molecule has 0 saturated heterocycles. The second-order valence-corrected chi connectivity index (χ2v) is 4.76. The molecule has 0 unspecified atom stereocenters. The summed E-state index contributed by atoms with van der Waals surface area (Å²) in [5.74, 6) is 0.0832. The van der Waals surface area contributed by atoms with Crippen molar-refractivity contribution in [1.29, 1.82) is 0 Å². The standard InChI is InChI=1S/C12H8BrClF2N2O2/c13-8-2-1-3-10(17-8)19-6-7-4-5-9(14)18-11(7)20-12(15)16/h1-5,12H,6H2. The summed E-state index contributed by atoms with van der Waals surface area (Å²) in [6.45, 7) is -3.00. The average molecular weight is 366 g/mol. The molecule has 0 radical (unpaired) electrons. The Morgan fingerprint density at radius 1 is 1.20 bits per heavy atom. The molecular weight excluding hydrogens is 357 g/mol. The number of ether oxygens (including phenoxy) is 2. The molecule has 0 fully saturated rings. The lowest BCUT2D eigenvalue weighted by atomic mass is 10.3. The average Bonchev–Trinajstić information content (AvgIpc) is 2.37. The molecule has 2 heterocycles. The molecule has 0 saturated carbocycles. The molecule has 0 amide bonds. The van der Waals surface area contributed by atoms with Crippen LogP contribution in [0.3, 0.4) is 0 Å². The van der Waals surface area contributed by atoms with E-state index >= 15 is 0 Å². The molecule has 2 aromatic rings. The molecular formula is C12H8BrClF2N2O2. The fourth-order valence-electron chi connectivity index (χ4n) is 1.36. The Labute approximate surface area is 126 Å². The lowest BCUT2D eigenvalue weighted by Crippen LogP contribution is -2.08. The highest BCUT2D eigenvalue weighted by molar-refractivity contribution is 9.10. The Morgan fingerprint density at radius 3 is 2.70 bits per heavy atom. The molecule has 20 heavy (non-hydrogen) atoms. The van der Waals surface area contributed by atoms with Crippen molar-refractivity contribution in [1.82, 2.24) is 9.97 Å². The largest absolute Gasteiger partial charge is 0.473 e. The van der Waals surface area contributed by atoms with Crippen molar-refractivity contribution in [3.05, 3.63) is 45.7 Å². The maximum atomic E-state index is 12.3. The van der Waals surface area contributed by atoms with Crippen LogP contribution >= 0.6 is 27.5 Å². The van der Waals surface area contributed by atoms with E-state index in [1.54, 1.807) is 18.2 Å². The first-order valence-corrected chi connectivity index (χ1v) is 6.57. The van der Waals surface area contributed by atoms with Crippen LogP contribution in [0.4, 0.5) is 8.78 Å². The van der Waals surface area contributed by atoms with Gasteiger partial charge in [-0.05, 0) is 34.1 Å². The van der Waals surface area contributed by atoms with Gasteiger partial charge in [0.15, 0.2) is 0 Å². The van der Waals surface area contributed by atoms with Crippen LogP contribution in [0.25, 0.3) is 0 Å². The van der Waals surface area contributed by atoms with Gasteiger partial charge in [0.2, 0.25) is 11.8 Å². The zero-order chi connectivity index (χ0) is 14.5. The third kappa shape index (κ3) is 4.28. The van der Waals surface area contributed by atoms with Crippen molar-refractivity contribution in [2.24, 2.45) is 0 Å². The first kappa shape index (κ1) is 14.9. The van der Waals surface area contributed by atoms with Crippen LogP contribution in [0.2, 0.25) is 5.15 Å². The zero-order valence-corrected chi connectivity index (χ0v) is 12.2. The molecule has 0 aliphatic rings. The molecule has 0 aliphatic carbocycles. The zero-order valence-electron chi connectivity index (χ0n) is 9.89. The Morgan fingerprint density at radius 2 is 2.00 bits per heavy atom. The molecule has 0 bridgehead atoms. The van der Waals surface area contributed by atoms with Crippen LogP contribution in [0.1, 0.15) is 5.56 Å². The van der Waals surface area contributed by atoms with E-state index in [9.17, 15) is 8.78 Å². The van der Waals surface area contributed by atoms with Gasteiger partial charge in [-0.25, -0.2) is 9.97 Å². The van der Waals surface area contributed by atoms with E-state index in [1.807, 2.05) is 0 Å². The highest BCUT2D eigenvalue weighted by Gasteiger charge is 2.13. The van der Waals surface area contributed by atoms with E-state index in [0.717, 1.165) is 0 Å². The van der Waals surface area contributed by atoms with E-state index in [-0.39, 0.29) is 17.6 Å². The van der Waals surface area contributed by atoms with Crippen molar-refractivity contribution in [3.8, 4) is 11.8 Å². The number of aromatic nitrogens is 2. The Kier molecular flexibility index (Phi) is 5.08. The summed E-state index contributed by atoms with van der Waals surface area (Å²) in [6, 6.07) is 8.09. The SMILES string of the molecule is FC(F)Oc1nc(Cl)ccc1COc1cccc(Br)n1. The normalized spacial score (nSPS) is 10.7. The first-order chi connectivity index (χ1) is 9.54. The van der Waals surface area contributed by atoms with E-state index in [0.29, 0.717) is 16.0 Å². The first-order valence-electron chi connectivity index (χ1n) is 5.40. The lowest BCUT2D eigenvalue weighted by molar-refractivity contribution is -0.0539. The van der Waals surface area contributed by atoms with Gasteiger partial charge in [-0.15, -0.1) is 0 Å². The van der Waals surface area contributed by atoms with Gasteiger partial charge in [-0.2, -0.15) is 8.78 Å². The van der Waals surface area contributed by atoms with E-state index < -0.39 is 6.61 Å². The van der Waals surface area contributed by atoms with Crippen LogP contribution in [-0.4, -0.2) is 16.6 Å². The maximum absolute atomic E-state index is 12.3. The summed E-state index contributed by atoms with van der Waals surface area (Å²) < 4.78 is 34.9. The van der Waals surface area contributed by atoms with Crippen LogP contribution in [0, 0.1) is 0 Å². The van der Waals surface area contributed by atoms with Crippen LogP contribution < -0.4 is 9.47 Å². The van der Waals surface area contributed by atoms with Gasteiger partial charge in [0, 0.05) is 6.07 Å². The third-order valence-electron chi connectivity index (χ3n) is 2.17. The Hall–Kier alpha value is -1.47. The summed E-state index contributed by atoms with van der Waals surface area (Å²) in [6.07, 6.45) is 0. The van der Waals surface area contributed by atoms with Crippen molar-refractivity contribution >= 4 is 27.5 Å². The maximum Gasteiger partial charge on any atom is 0.388 e. The van der Waals surface area contributed by atoms with Crippen LogP contribution in [0.5, 0.6) is 11.8 Å². The van der Waals surface area contributed by atoms with Gasteiger partial charge in [0.1, 0.15) is 16.4 Å². The molecule has 0 N–H and O–H groups in total. The van der Waals surface area contributed by atoms with Gasteiger partial charge >= 0.3 is 6.61 Å². The molecule has 0 atom stereocenters. The molecule has 2 rings (SSSR count). The van der Waals surface area contributed by atoms with Gasteiger partial charge < -0.3 is 9.47 Å². The fraction of sp³-hybridized carbons (Fsp3) is 0.167. The van der Waals surface area contributed by atoms with E-state index in [2.05, 4.69) is 30.6 Å². The van der Waals surface area contributed by atoms with E-state index in [1.165, 1.54) is 12.1 Å². The summed E-state index contributed by atoms with van der Waals surface area (Å²) in [5, 5.41) is 0.0602. The van der Waals surface area contributed by atoms with Gasteiger partial charge in [0.05, 0.1) is 5.56 Å². The number of halogens is 4. The van der Waals surface area contributed by atoms with Crippen molar-refractivity contribution < 1.29 is 18.3 Å². The molecule has 8 heteroatoms. The Balaban J connectivity index is 2.12. The van der Waals surface area contributed by atoms with Crippen LogP contribution in [-0.2, 0) is 6.61 Å².